The minimum Gasteiger partial charge on any atom is -0.369 e. The maximum atomic E-state index is 3.42. The largest absolute Gasteiger partial charge is 0.369 e. The lowest BCUT2D eigenvalue weighted by molar-refractivity contribution is 0.724. The summed E-state index contributed by atoms with van der Waals surface area (Å²) >= 11 is 1.84. The minimum absolute atomic E-state index is 1.12. The number of nitrogens with one attached hydrogen (secondary N) is 1. The normalized spacial score (nSPS) is 18.7. The Kier molecular flexibility index (Phi) is 2.86. The molecule has 0 saturated carbocycles. The van der Waals surface area contributed by atoms with E-state index in [1.807, 2.05) is 11.3 Å². The second-order valence-corrected chi connectivity index (χ2v) is 4.57. The van der Waals surface area contributed by atoms with Crippen LogP contribution >= 0.6 is 11.3 Å². The number of hydrogen-bond donors (Lipinski definition) is 1. The lowest BCUT2D eigenvalue weighted by Gasteiger charge is -2.21. The highest BCUT2D eigenvalue weighted by atomic mass is 32.1. The Morgan fingerprint density at radius 2 is 2.31 bits per heavy atom. The van der Waals surface area contributed by atoms with Gasteiger partial charge < -0.3 is 10.2 Å². The first kappa shape index (κ1) is 9.03. The molecule has 0 aromatic carbocycles. The van der Waals surface area contributed by atoms with Crippen LogP contribution in [0.3, 0.4) is 0 Å². The molecule has 0 atom stereocenters. The Labute approximate surface area is 83.6 Å². The van der Waals surface area contributed by atoms with E-state index in [4.69, 9.17) is 0 Å². The first-order valence-electron chi connectivity index (χ1n) is 4.88. The molecule has 2 rings (SSSR count). The van der Waals surface area contributed by atoms with Gasteiger partial charge in [0.2, 0.25) is 0 Å². The summed E-state index contributed by atoms with van der Waals surface area (Å²) in [6, 6.07) is 2.24. The van der Waals surface area contributed by atoms with E-state index in [1.165, 1.54) is 30.1 Å². The number of nitrogens with zero attached hydrogens (tertiary/aromatic N) is 1. The van der Waals surface area contributed by atoms with Crippen LogP contribution in [0.4, 0.5) is 5.69 Å². The molecule has 13 heavy (non-hydrogen) atoms. The average Bonchev–Trinajstić information content (AvgIpc) is 2.43. The van der Waals surface area contributed by atoms with Crippen LogP contribution in [0.1, 0.15) is 11.3 Å². The van der Waals surface area contributed by atoms with Crippen LogP contribution in [0.5, 0.6) is 0 Å². The molecule has 0 amide bonds. The van der Waals surface area contributed by atoms with E-state index in [0.717, 1.165) is 13.1 Å². The zero-order valence-corrected chi connectivity index (χ0v) is 8.86. The summed E-state index contributed by atoms with van der Waals surface area (Å²) in [6.45, 7) is 6.84. The second kappa shape index (κ2) is 4.11. The predicted molar refractivity (Wildman–Crippen MR) is 58.8 cm³/mol. The molecule has 1 aromatic heterocycles. The van der Waals surface area contributed by atoms with E-state index < -0.39 is 0 Å². The van der Waals surface area contributed by atoms with Crippen molar-refractivity contribution in [2.75, 3.05) is 31.1 Å². The molecule has 1 aliphatic rings. The van der Waals surface area contributed by atoms with E-state index in [2.05, 4.69) is 28.6 Å². The van der Waals surface area contributed by atoms with Gasteiger partial charge in [-0.2, -0.15) is 0 Å². The molecule has 2 heterocycles. The third-order valence-electron chi connectivity index (χ3n) is 2.51. The summed E-state index contributed by atoms with van der Waals surface area (Å²) in [5, 5.41) is 5.60. The van der Waals surface area contributed by atoms with Gasteiger partial charge in [-0.3, -0.25) is 0 Å². The molecule has 1 saturated heterocycles. The number of aryl methyl sites for hydroxylation is 1. The second-order valence-electron chi connectivity index (χ2n) is 3.45. The first-order chi connectivity index (χ1) is 6.38. The fourth-order valence-corrected chi connectivity index (χ4v) is 2.51. The molecule has 0 bridgehead atoms. The molecule has 1 aromatic rings. The number of rotatable bonds is 1. The van der Waals surface area contributed by atoms with Crippen molar-refractivity contribution in [2.24, 2.45) is 0 Å². The van der Waals surface area contributed by atoms with Crippen molar-refractivity contribution < 1.29 is 0 Å². The highest BCUT2D eigenvalue weighted by Gasteiger charge is 2.11. The highest BCUT2D eigenvalue weighted by Crippen LogP contribution is 2.25. The molecule has 1 N–H and O–H groups in total. The van der Waals surface area contributed by atoms with Crippen LogP contribution in [0.25, 0.3) is 0 Å². The van der Waals surface area contributed by atoms with Crippen LogP contribution < -0.4 is 10.2 Å². The molecule has 0 unspecified atom stereocenters. The topological polar surface area (TPSA) is 15.3 Å². The van der Waals surface area contributed by atoms with Gasteiger partial charge >= 0.3 is 0 Å². The summed E-state index contributed by atoms with van der Waals surface area (Å²) < 4.78 is 0. The zero-order valence-electron chi connectivity index (χ0n) is 8.05. The fourth-order valence-electron chi connectivity index (χ4n) is 1.79. The molecule has 0 radical (unpaired) electrons. The summed E-state index contributed by atoms with van der Waals surface area (Å²) in [6.07, 6.45) is 1.26. The molecule has 72 valence electrons. The molecule has 1 aliphatic heterocycles. The number of hydrogen-bond acceptors (Lipinski definition) is 3. The van der Waals surface area contributed by atoms with Crippen molar-refractivity contribution in [2.45, 2.75) is 13.3 Å². The van der Waals surface area contributed by atoms with E-state index in [1.54, 1.807) is 0 Å². The van der Waals surface area contributed by atoms with Crippen LogP contribution in [0.2, 0.25) is 0 Å². The van der Waals surface area contributed by atoms with Gasteiger partial charge in [-0.05, 0) is 31.3 Å². The van der Waals surface area contributed by atoms with Gasteiger partial charge in [0.1, 0.15) is 0 Å². The third-order valence-corrected chi connectivity index (χ3v) is 3.35. The predicted octanol–water partition coefficient (Wildman–Crippen LogP) is 1.86. The molecule has 0 spiro atoms. The van der Waals surface area contributed by atoms with Gasteiger partial charge in [0, 0.05) is 24.5 Å². The smallest absolute Gasteiger partial charge is 0.0505 e. The van der Waals surface area contributed by atoms with Gasteiger partial charge in [0.15, 0.2) is 0 Å². The molecule has 2 nitrogen and oxygen atoms in total. The Hall–Kier alpha value is -0.540. The Bertz CT molecular complexity index is 262. The Morgan fingerprint density at radius 1 is 1.38 bits per heavy atom. The summed E-state index contributed by atoms with van der Waals surface area (Å²) in [5.41, 5.74) is 1.44. The van der Waals surface area contributed by atoms with E-state index in [0.29, 0.717) is 0 Å². The van der Waals surface area contributed by atoms with Crippen molar-refractivity contribution in [3.05, 3.63) is 16.3 Å². The average molecular weight is 196 g/mol. The van der Waals surface area contributed by atoms with Gasteiger partial charge in [-0.25, -0.2) is 0 Å². The van der Waals surface area contributed by atoms with E-state index in [-0.39, 0.29) is 0 Å². The van der Waals surface area contributed by atoms with E-state index in [9.17, 15) is 0 Å². The van der Waals surface area contributed by atoms with Gasteiger partial charge in [0.05, 0.1) is 5.69 Å². The Morgan fingerprint density at radius 3 is 3.08 bits per heavy atom. The summed E-state index contributed by atoms with van der Waals surface area (Å²) in [5.74, 6) is 0. The van der Waals surface area contributed by atoms with Crippen LogP contribution in [-0.2, 0) is 0 Å². The lowest BCUT2D eigenvalue weighted by atomic mass is 10.3. The molecule has 1 fully saturated rings. The SMILES string of the molecule is Cc1sccc1N1CCCNCC1. The minimum atomic E-state index is 1.12. The van der Waals surface area contributed by atoms with Crippen molar-refractivity contribution in [1.82, 2.24) is 5.32 Å². The number of thiophene rings is 1. The molecule has 0 aliphatic carbocycles. The van der Waals surface area contributed by atoms with Crippen molar-refractivity contribution in [3.8, 4) is 0 Å². The van der Waals surface area contributed by atoms with Crippen LogP contribution in [0.15, 0.2) is 11.4 Å². The van der Waals surface area contributed by atoms with Crippen molar-refractivity contribution >= 4 is 17.0 Å². The van der Waals surface area contributed by atoms with Crippen LogP contribution in [0, 0.1) is 6.92 Å². The van der Waals surface area contributed by atoms with Gasteiger partial charge in [-0.15, -0.1) is 11.3 Å². The van der Waals surface area contributed by atoms with Gasteiger partial charge in [0.25, 0.3) is 0 Å². The maximum Gasteiger partial charge on any atom is 0.0505 e. The fraction of sp³-hybridized carbons (Fsp3) is 0.600. The zero-order chi connectivity index (χ0) is 9.10. The standard InChI is InChI=1S/C10H16N2S/c1-9-10(3-8-13-9)12-6-2-4-11-5-7-12/h3,8,11H,2,4-7H2,1H3. The molecular weight excluding hydrogens is 180 g/mol. The van der Waals surface area contributed by atoms with Gasteiger partial charge in [-0.1, -0.05) is 0 Å². The molecular formula is C10H16N2S. The lowest BCUT2D eigenvalue weighted by Crippen LogP contribution is -2.27. The van der Waals surface area contributed by atoms with Crippen LogP contribution in [-0.4, -0.2) is 26.2 Å². The summed E-state index contributed by atoms with van der Waals surface area (Å²) in [7, 11) is 0. The number of anilines is 1. The summed E-state index contributed by atoms with van der Waals surface area (Å²) in [4.78, 5) is 3.94. The monoisotopic (exact) mass is 196 g/mol. The third kappa shape index (κ3) is 2.03. The Balaban J connectivity index is 2.10. The van der Waals surface area contributed by atoms with E-state index >= 15 is 0 Å². The molecule has 3 heteroatoms. The quantitative estimate of drug-likeness (QED) is 0.737. The highest BCUT2D eigenvalue weighted by molar-refractivity contribution is 7.10. The van der Waals surface area contributed by atoms with Crippen molar-refractivity contribution in [3.63, 3.8) is 0 Å². The van der Waals surface area contributed by atoms with Crippen molar-refractivity contribution in [1.29, 1.82) is 0 Å². The maximum absolute atomic E-state index is 3.42. The first-order valence-corrected chi connectivity index (χ1v) is 5.75.